The Hall–Kier alpha value is -11.3. The number of benzene rings is 12. The third kappa shape index (κ3) is 10.3. The third-order valence-electron chi connectivity index (χ3n) is 19.3. The molecule has 16 rings (SSSR count). The van der Waals surface area contributed by atoms with Gasteiger partial charge < -0.3 is 9.13 Å². The Morgan fingerprint density at radius 1 is 0.326 bits per heavy atom. The van der Waals surface area contributed by atoms with Crippen LogP contribution in [-0.2, 0) is 0 Å². The summed E-state index contributed by atoms with van der Waals surface area (Å²) >= 11 is 0. The van der Waals surface area contributed by atoms with Crippen molar-refractivity contribution in [1.29, 1.82) is 5.26 Å². The molecule has 6 nitrogen and oxygen atoms in total. The van der Waals surface area contributed by atoms with Crippen LogP contribution in [0.15, 0.2) is 267 Å². The maximum absolute atomic E-state index is 10.1. The highest BCUT2D eigenvalue weighted by Gasteiger charge is 2.26. The van der Waals surface area contributed by atoms with E-state index in [1.165, 1.54) is 81.0 Å². The fourth-order valence-electron chi connectivity index (χ4n) is 14.1. The average Bonchev–Trinajstić information content (AvgIpc) is 1.55. The highest BCUT2D eigenvalue weighted by atomic mass is 15.0. The molecule has 0 aliphatic heterocycles. The van der Waals surface area contributed by atoms with Gasteiger partial charge >= 0.3 is 0 Å². The largest absolute Gasteiger partial charge is 0.309 e. The summed E-state index contributed by atoms with van der Waals surface area (Å²) in [5, 5.41) is 14.8. The summed E-state index contributed by atoms with van der Waals surface area (Å²) in [7, 11) is 0. The predicted molar refractivity (Wildman–Crippen MR) is 381 cm³/mol. The molecule has 1 aliphatic carbocycles. The van der Waals surface area contributed by atoms with Gasteiger partial charge in [0.15, 0.2) is 17.5 Å². The number of nitriles is 1. The van der Waals surface area contributed by atoms with Crippen molar-refractivity contribution in [3.05, 3.63) is 295 Å². The highest BCUT2D eigenvalue weighted by Crippen LogP contribution is 2.47. The lowest BCUT2D eigenvalue weighted by Crippen LogP contribution is -2.10. The van der Waals surface area contributed by atoms with Gasteiger partial charge in [0.2, 0.25) is 0 Å². The molecule has 0 amide bonds. The van der Waals surface area contributed by atoms with Crippen LogP contribution in [-0.4, -0.2) is 24.1 Å². The summed E-state index contributed by atoms with van der Waals surface area (Å²) in [5.74, 6) is 3.01. The second-order valence-corrected chi connectivity index (χ2v) is 25.4. The van der Waals surface area contributed by atoms with Crippen molar-refractivity contribution in [2.45, 2.75) is 59.3 Å². The Balaban J connectivity index is 1.01. The van der Waals surface area contributed by atoms with Crippen LogP contribution in [0.5, 0.6) is 0 Å². The molecule has 0 bridgehead atoms. The van der Waals surface area contributed by atoms with Gasteiger partial charge in [-0.15, -0.1) is 0 Å². The first-order chi connectivity index (χ1) is 45.1. The minimum absolute atomic E-state index is 0.509. The molecule has 0 radical (unpaired) electrons. The summed E-state index contributed by atoms with van der Waals surface area (Å²) in [6, 6.07) is 99.5. The van der Waals surface area contributed by atoms with Crippen LogP contribution in [0.25, 0.3) is 145 Å². The number of aromatic nitrogens is 5. The fourth-order valence-corrected chi connectivity index (χ4v) is 14.1. The van der Waals surface area contributed by atoms with Crippen molar-refractivity contribution < 1.29 is 0 Å². The molecule has 440 valence electrons. The van der Waals surface area contributed by atoms with E-state index in [1.807, 2.05) is 48.5 Å². The Morgan fingerprint density at radius 2 is 0.663 bits per heavy atom. The second-order valence-electron chi connectivity index (χ2n) is 25.4. The van der Waals surface area contributed by atoms with E-state index >= 15 is 0 Å². The molecule has 0 N–H and O–H groups in total. The van der Waals surface area contributed by atoms with E-state index in [-0.39, 0.29) is 0 Å². The van der Waals surface area contributed by atoms with Gasteiger partial charge in [0.25, 0.3) is 0 Å². The van der Waals surface area contributed by atoms with E-state index < -0.39 is 0 Å². The predicted octanol–water partition coefficient (Wildman–Crippen LogP) is 22.5. The standard InChI is InChI=1S/C86H66N6/c1-54-15-25-59(26-16-54)66-35-41-78-72(47-66)73-48-67(60-27-17-55(2)18-28-60)36-42-79(73)91(78)82-45-39-70(63-33-23-58(53-87)24-34-63)51-76(82)77-52-71(86-89-84(64-11-7-5-8-12-64)88-85(90-86)65-13-9-6-10-14-65)40-46-83(77)92-80-43-37-68(61-29-19-56(3)20-30-61)49-74(80)75-50-69(38-44-81(75)92)62-31-21-57(4)22-32-62/h5-16,19-26,29-52,55,60H,17-18,27-28H2,1-4H3. The second kappa shape index (κ2) is 23.3. The van der Waals surface area contributed by atoms with Gasteiger partial charge in [-0.25, -0.2) is 15.0 Å². The van der Waals surface area contributed by atoms with Crippen LogP contribution in [0.4, 0.5) is 0 Å². The summed E-state index contributed by atoms with van der Waals surface area (Å²) in [5.41, 5.74) is 25.9. The molecule has 12 aromatic carbocycles. The van der Waals surface area contributed by atoms with Crippen LogP contribution in [0.3, 0.4) is 0 Å². The monoisotopic (exact) mass is 1180 g/mol. The van der Waals surface area contributed by atoms with Gasteiger partial charge in [-0.2, -0.15) is 5.26 Å². The van der Waals surface area contributed by atoms with Crippen molar-refractivity contribution in [2.24, 2.45) is 5.92 Å². The summed E-state index contributed by atoms with van der Waals surface area (Å²) < 4.78 is 5.00. The van der Waals surface area contributed by atoms with Gasteiger partial charge in [0.05, 0.1) is 45.1 Å². The number of rotatable bonds is 11. The molecule has 0 saturated heterocycles. The van der Waals surface area contributed by atoms with Crippen LogP contribution < -0.4 is 0 Å². The first-order valence-electron chi connectivity index (χ1n) is 32.2. The molecule has 1 fully saturated rings. The summed E-state index contributed by atoms with van der Waals surface area (Å²) in [6.07, 6.45) is 4.89. The topological polar surface area (TPSA) is 72.3 Å². The van der Waals surface area contributed by atoms with E-state index in [4.69, 9.17) is 15.0 Å². The molecule has 92 heavy (non-hydrogen) atoms. The minimum atomic E-state index is 0.509. The molecule has 1 aliphatic rings. The quantitative estimate of drug-likeness (QED) is 0.129. The number of hydrogen-bond acceptors (Lipinski definition) is 4. The maximum Gasteiger partial charge on any atom is 0.164 e. The molecule has 3 heterocycles. The zero-order valence-corrected chi connectivity index (χ0v) is 52.1. The lowest BCUT2D eigenvalue weighted by Gasteiger charge is -2.26. The smallest absolute Gasteiger partial charge is 0.164 e. The van der Waals surface area contributed by atoms with Crippen molar-refractivity contribution in [1.82, 2.24) is 24.1 Å². The number of fused-ring (bicyclic) bond motifs is 6. The van der Waals surface area contributed by atoms with E-state index in [0.29, 0.717) is 29.0 Å². The maximum atomic E-state index is 10.1. The van der Waals surface area contributed by atoms with Crippen molar-refractivity contribution in [2.75, 3.05) is 0 Å². The molecule has 15 aromatic rings. The van der Waals surface area contributed by atoms with Gasteiger partial charge in [-0.05, 0) is 187 Å². The molecular formula is C86H66N6. The van der Waals surface area contributed by atoms with Crippen molar-refractivity contribution in [3.8, 4) is 107 Å². The summed E-state index contributed by atoms with van der Waals surface area (Å²) in [6.45, 7) is 8.85. The molecule has 0 spiro atoms. The van der Waals surface area contributed by atoms with Gasteiger partial charge in [0, 0.05) is 49.4 Å². The third-order valence-corrected chi connectivity index (χ3v) is 19.3. The molecule has 3 aromatic heterocycles. The lowest BCUT2D eigenvalue weighted by molar-refractivity contribution is 0.348. The number of aryl methyl sites for hydroxylation is 3. The van der Waals surface area contributed by atoms with Crippen LogP contribution in [0.1, 0.15) is 66.3 Å². The minimum Gasteiger partial charge on any atom is -0.309 e. The van der Waals surface area contributed by atoms with E-state index in [0.717, 1.165) is 100 Å². The van der Waals surface area contributed by atoms with Crippen LogP contribution >= 0.6 is 0 Å². The Morgan fingerprint density at radius 3 is 1.09 bits per heavy atom. The molecule has 0 unspecified atom stereocenters. The number of nitrogens with zero attached hydrogens (tertiary/aromatic N) is 6. The Bertz CT molecular complexity index is 5190. The molecular weight excluding hydrogens is 1120 g/mol. The van der Waals surface area contributed by atoms with Gasteiger partial charge in [-0.3, -0.25) is 0 Å². The van der Waals surface area contributed by atoms with Crippen molar-refractivity contribution >= 4 is 43.6 Å². The Labute approximate surface area is 537 Å². The highest BCUT2D eigenvalue weighted by molar-refractivity contribution is 6.14. The van der Waals surface area contributed by atoms with Crippen molar-refractivity contribution in [3.63, 3.8) is 0 Å². The SMILES string of the molecule is Cc1ccc(-c2ccc3c(c2)c2cc(-c4ccc(C)cc4)ccc2n3-c2ccc(-c3nc(-c4ccccc4)nc(-c4ccccc4)n3)cc2-c2cc(-c3ccc(C#N)cc3)ccc2-n2c3ccc(-c4ccc(C)cc4)cc3c3cc(C4CCC(C)CC4)ccc32)cc1. The lowest BCUT2D eigenvalue weighted by atomic mass is 9.79. The summed E-state index contributed by atoms with van der Waals surface area (Å²) in [4.78, 5) is 15.9. The van der Waals surface area contributed by atoms with Crippen LogP contribution in [0, 0.1) is 38.0 Å². The Kier molecular flexibility index (Phi) is 14.2. The van der Waals surface area contributed by atoms with Gasteiger partial charge in [0.1, 0.15) is 0 Å². The van der Waals surface area contributed by atoms with Crippen LogP contribution in [0.2, 0.25) is 0 Å². The first kappa shape index (κ1) is 56.0. The molecule has 0 atom stereocenters. The van der Waals surface area contributed by atoms with Gasteiger partial charge in [-0.1, -0.05) is 212 Å². The average molecular weight is 1180 g/mol. The zero-order valence-electron chi connectivity index (χ0n) is 52.1. The fraction of sp³-hybridized carbons (Fsp3) is 0.116. The normalized spacial score (nSPS) is 14.1. The molecule has 6 heteroatoms. The zero-order chi connectivity index (χ0) is 62.0. The first-order valence-corrected chi connectivity index (χ1v) is 32.2. The van der Waals surface area contributed by atoms with E-state index in [2.05, 4.69) is 261 Å². The van der Waals surface area contributed by atoms with E-state index in [9.17, 15) is 5.26 Å². The molecule has 1 saturated carbocycles. The van der Waals surface area contributed by atoms with E-state index in [1.54, 1.807) is 0 Å². The number of hydrogen-bond donors (Lipinski definition) is 0.